The fourth-order valence-electron chi connectivity index (χ4n) is 3.64. The molecule has 1 saturated heterocycles. The highest BCUT2D eigenvalue weighted by Crippen LogP contribution is 2.26. The van der Waals surface area contributed by atoms with Gasteiger partial charge in [0, 0.05) is 30.9 Å². The molecule has 128 valence electrons. The van der Waals surface area contributed by atoms with Crippen LogP contribution in [0.15, 0.2) is 54.7 Å². The zero-order chi connectivity index (χ0) is 17.2. The van der Waals surface area contributed by atoms with E-state index in [9.17, 15) is 0 Å². The number of anilines is 1. The van der Waals surface area contributed by atoms with E-state index in [-0.39, 0.29) is 6.04 Å². The van der Waals surface area contributed by atoms with E-state index < -0.39 is 0 Å². The van der Waals surface area contributed by atoms with Gasteiger partial charge in [-0.1, -0.05) is 36.4 Å². The number of piperidine rings is 1. The van der Waals surface area contributed by atoms with Gasteiger partial charge in [0.25, 0.3) is 0 Å². The van der Waals surface area contributed by atoms with Crippen molar-refractivity contribution >= 4 is 16.7 Å². The Kier molecular flexibility index (Phi) is 4.36. The van der Waals surface area contributed by atoms with Crippen LogP contribution in [0.25, 0.3) is 22.0 Å². The molecular formula is C21H24N4. The summed E-state index contributed by atoms with van der Waals surface area (Å²) in [5, 5.41) is 2.48. The van der Waals surface area contributed by atoms with E-state index in [1.807, 2.05) is 12.3 Å². The molecule has 2 N–H and O–H groups in total. The topological polar surface area (TPSA) is 55.0 Å². The molecule has 0 aliphatic carbocycles. The van der Waals surface area contributed by atoms with Gasteiger partial charge in [0.05, 0.1) is 5.69 Å². The lowest BCUT2D eigenvalue weighted by atomic mass is 9.91. The summed E-state index contributed by atoms with van der Waals surface area (Å²) in [6.07, 6.45) is 4.09. The first-order valence-electron chi connectivity index (χ1n) is 9.03. The van der Waals surface area contributed by atoms with Crippen molar-refractivity contribution in [3.05, 3.63) is 54.7 Å². The third kappa shape index (κ3) is 3.35. The fraction of sp³-hybridized carbons (Fsp3) is 0.333. The van der Waals surface area contributed by atoms with Crippen LogP contribution in [0.5, 0.6) is 0 Å². The van der Waals surface area contributed by atoms with Crippen molar-refractivity contribution in [3.63, 3.8) is 0 Å². The van der Waals surface area contributed by atoms with Crippen molar-refractivity contribution in [3.8, 4) is 11.3 Å². The van der Waals surface area contributed by atoms with E-state index in [1.54, 1.807) is 0 Å². The normalized spacial score (nSPS) is 17.0. The van der Waals surface area contributed by atoms with Crippen LogP contribution in [0, 0.1) is 5.92 Å². The minimum Gasteiger partial charge on any atom is -0.341 e. The van der Waals surface area contributed by atoms with Crippen molar-refractivity contribution in [1.82, 2.24) is 9.97 Å². The molecule has 0 saturated carbocycles. The number of nitrogens with zero attached hydrogens (tertiary/aromatic N) is 3. The van der Waals surface area contributed by atoms with Crippen molar-refractivity contribution in [2.45, 2.75) is 25.8 Å². The standard InChI is InChI=1S/C21H24N4/c1-15(22)16-9-12-25(13-10-16)21-23-11-8-20(24-21)19-7-6-17-4-2-3-5-18(17)14-19/h2-8,11,14-16H,9-10,12-13,22H2,1H3/t15-/m0/s1. The van der Waals surface area contributed by atoms with Gasteiger partial charge in [0.15, 0.2) is 0 Å². The largest absolute Gasteiger partial charge is 0.341 e. The first kappa shape index (κ1) is 16.0. The summed E-state index contributed by atoms with van der Waals surface area (Å²) < 4.78 is 0. The van der Waals surface area contributed by atoms with Gasteiger partial charge in [-0.05, 0) is 48.6 Å². The summed E-state index contributed by atoms with van der Waals surface area (Å²) in [5.74, 6) is 1.44. The summed E-state index contributed by atoms with van der Waals surface area (Å²) >= 11 is 0. The zero-order valence-corrected chi connectivity index (χ0v) is 14.6. The second kappa shape index (κ2) is 6.81. The number of hydrogen-bond acceptors (Lipinski definition) is 4. The Balaban J connectivity index is 1.59. The fourth-order valence-corrected chi connectivity index (χ4v) is 3.64. The molecule has 1 fully saturated rings. The highest BCUT2D eigenvalue weighted by Gasteiger charge is 2.23. The molecule has 25 heavy (non-hydrogen) atoms. The van der Waals surface area contributed by atoms with Crippen molar-refractivity contribution < 1.29 is 0 Å². The molecule has 0 radical (unpaired) electrons. The van der Waals surface area contributed by atoms with Gasteiger partial charge >= 0.3 is 0 Å². The van der Waals surface area contributed by atoms with Gasteiger partial charge in [0.2, 0.25) is 5.95 Å². The number of benzene rings is 2. The molecule has 4 rings (SSSR count). The van der Waals surface area contributed by atoms with Crippen LogP contribution in [0.2, 0.25) is 0 Å². The summed E-state index contributed by atoms with van der Waals surface area (Å²) in [5.41, 5.74) is 8.16. The second-order valence-corrected chi connectivity index (χ2v) is 6.99. The van der Waals surface area contributed by atoms with Gasteiger partial charge in [-0.15, -0.1) is 0 Å². The lowest BCUT2D eigenvalue weighted by Gasteiger charge is -2.33. The van der Waals surface area contributed by atoms with Crippen LogP contribution in [0.3, 0.4) is 0 Å². The van der Waals surface area contributed by atoms with Crippen LogP contribution >= 0.6 is 0 Å². The number of aromatic nitrogens is 2. The Labute approximate surface area is 148 Å². The predicted molar refractivity (Wildman–Crippen MR) is 104 cm³/mol. The van der Waals surface area contributed by atoms with Gasteiger partial charge in [-0.25, -0.2) is 9.97 Å². The summed E-state index contributed by atoms with van der Waals surface area (Å²) in [4.78, 5) is 11.6. The van der Waals surface area contributed by atoms with E-state index in [0.29, 0.717) is 5.92 Å². The first-order valence-corrected chi connectivity index (χ1v) is 9.03. The predicted octanol–water partition coefficient (Wildman–Crippen LogP) is 3.86. The van der Waals surface area contributed by atoms with Gasteiger partial charge < -0.3 is 10.6 Å². The molecule has 1 aliphatic heterocycles. The van der Waals surface area contributed by atoms with Crippen LogP contribution in [0.4, 0.5) is 5.95 Å². The highest BCUT2D eigenvalue weighted by molar-refractivity contribution is 5.86. The van der Waals surface area contributed by atoms with Crippen LogP contribution < -0.4 is 10.6 Å². The van der Waals surface area contributed by atoms with Crippen LogP contribution in [-0.2, 0) is 0 Å². The quantitative estimate of drug-likeness (QED) is 0.791. The Hall–Kier alpha value is -2.46. The molecule has 3 aromatic rings. The zero-order valence-electron chi connectivity index (χ0n) is 14.6. The van der Waals surface area contributed by atoms with Gasteiger partial charge in [0.1, 0.15) is 0 Å². The average Bonchev–Trinajstić information content (AvgIpc) is 2.68. The number of nitrogens with two attached hydrogens (primary N) is 1. The highest BCUT2D eigenvalue weighted by atomic mass is 15.2. The summed E-state index contributed by atoms with van der Waals surface area (Å²) in [6.45, 7) is 4.07. The molecule has 0 bridgehead atoms. The molecule has 2 aromatic carbocycles. The molecule has 4 nitrogen and oxygen atoms in total. The van der Waals surface area contributed by atoms with Crippen LogP contribution in [-0.4, -0.2) is 29.1 Å². The van der Waals surface area contributed by atoms with E-state index in [2.05, 4.69) is 59.3 Å². The third-order valence-corrected chi connectivity index (χ3v) is 5.25. The minimum atomic E-state index is 0.270. The van der Waals surface area contributed by atoms with Gasteiger partial charge in [-0.2, -0.15) is 0 Å². The van der Waals surface area contributed by atoms with Crippen molar-refractivity contribution in [2.75, 3.05) is 18.0 Å². The van der Waals surface area contributed by atoms with E-state index in [0.717, 1.165) is 43.1 Å². The number of hydrogen-bond donors (Lipinski definition) is 1. The maximum absolute atomic E-state index is 6.05. The second-order valence-electron chi connectivity index (χ2n) is 6.99. The number of fused-ring (bicyclic) bond motifs is 1. The minimum absolute atomic E-state index is 0.270. The van der Waals surface area contributed by atoms with Gasteiger partial charge in [-0.3, -0.25) is 0 Å². The summed E-state index contributed by atoms with van der Waals surface area (Å²) in [7, 11) is 0. The monoisotopic (exact) mass is 332 g/mol. The van der Waals surface area contributed by atoms with Crippen LogP contribution in [0.1, 0.15) is 19.8 Å². The Bertz CT molecular complexity index is 866. The average molecular weight is 332 g/mol. The molecule has 0 spiro atoms. The lowest BCUT2D eigenvalue weighted by molar-refractivity contribution is 0.352. The smallest absolute Gasteiger partial charge is 0.225 e. The van der Waals surface area contributed by atoms with Crippen molar-refractivity contribution in [1.29, 1.82) is 0 Å². The molecule has 2 heterocycles. The van der Waals surface area contributed by atoms with E-state index in [4.69, 9.17) is 10.7 Å². The molecule has 0 amide bonds. The van der Waals surface area contributed by atoms with E-state index in [1.165, 1.54) is 10.8 Å². The molecule has 4 heteroatoms. The summed E-state index contributed by atoms with van der Waals surface area (Å²) in [6, 6.07) is 17.2. The Morgan fingerprint density at radius 1 is 1.04 bits per heavy atom. The maximum atomic E-state index is 6.05. The molecule has 1 aliphatic rings. The molecule has 1 atom stereocenters. The van der Waals surface area contributed by atoms with E-state index >= 15 is 0 Å². The molecular weight excluding hydrogens is 308 g/mol. The Morgan fingerprint density at radius 3 is 2.56 bits per heavy atom. The van der Waals surface area contributed by atoms with Crippen molar-refractivity contribution in [2.24, 2.45) is 11.7 Å². The molecule has 0 unspecified atom stereocenters. The molecule has 1 aromatic heterocycles. The SMILES string of the molecule is C[C@H](N)C1CCN(c2nccc(-c3ccc4ccccc4c3)n2)CC1. The third-order valence-electron chi connectivity index (χ3n) is 5.25. The first-order chi connectivity index (χ1) is 12.2. The maximum Gasteiger partial charge on any atom is 0.225 e. The number of rotatable bonds is 3. The Morgan fingerprint density at radius 2 is 1.80 bits per heavy atom. The lowest BCUT2D eigenvalue weighted by Crippen LogP contribution is -2.40.